The SMILES string of the molecule is COCCN(CCO)C(=O)c1cc(N)cc(Br)c1. The molecular formula is C12H17BrN2O3. The molecule has 0 fully saturated rings. The number of ether oxygens (including phenoxy) is 1. The molecule has 0 heterocycles. The van der Waals surface area contributed by atoms with Crippen LogP contribution in [-0.2, 0) is 4.74 Å². The van der Waals surface area contributed by atoms with E-state index in [0.717, 1.165) is 4.47 Å². The number of nitrogens with zero attached hydrogens (tertiary/aromatic N) is 1. The summed E-state index contributed by atoms with van der Waals surface area (Å²) in [5, 5.41) is 8.97. The van der Waals surface area contributed by atoms with Gasteiger partial charge >= 0.3 is 0 Å². The van der Waals surface area contributed by atoms with Crippen LogP contribution in [0.3, 0.4) is 0 Å². The first kappa shape index (κ1) is 14.9. The minimum Gasteiger partial charge on any atom is -0.399 e. The fourth-order valence-electron chi connectivity index (χ4n) is 1.56. The Labute approximate surface area is 115 Å². The number of carbonyl (C=O) groups excluding carboxylic acids is 1. The number of hydrogen-bond donors (Lipinski definition) is 2. The van der Waals surface area contributed by atoms with Crippen molar-refractivity contribution in [2.24, 2.45) is 0 Å². The van der Waals surface area contributed by atoms with Gasteiger partial charge in [-0.1, -0.05) is 15.9 Å². The molecule has 5 nitrogen and oxygen atoms in total. The van der Waals surface area contributed by atoms with Gasteiger partial charge in [-0.3, -0.25) is 4.79 Å². The van der Waals surface area contributed by atoms with E-state index in [1.54, 1.807) is 25.3 Å². The Morgan fingerprint density at radius 3 is 2.72 bits per heavy atom. The van der Waals surface area contributed by atoms with Crippen molar-refractivity contribution < 1.29 is 14.6 Å². The van der Waals surface area contributed by atoms with Crippen LogP contribution < -0.4 is 5.73 Å². The van der Waals surface area contributed by atoms with Gasteiger partial charge in [-0.25, -0.2) is 0 Å². The molecule has 0 saturated carbocycles. The van der Waals surface area contributed by atoms with Crippen molar-refractivity contribution in [2.75, 3.05) is 39.1 Å². The molecule has 0 aliphatic heterocycles. The predicted octanol–water partition coefficient (Wildman–Crippen LogP) is 1.11. The van der Waals surface area contributed by atoms with Crippen LogP contribution in [-0.4, -0.2) is 49.3 Å². The molecule has 1 aromatic carbocycles. The number of benzene rings is 1. The maximum Gasteiger partial charge on any atom is 0.254 e. The summed E-state index contributed by atoms with van der Waals surface area (Å²) in [6.07, 6.45) is 0. The summed E-state index contributed by atoms with van der Waals surface area (Å²) in [5.74, 6) is -0.172. The number of aliphatic hydroxyl groups is 1. The number of nitrogens with two attached hydrogens (primary N) is 1. The van der Waals surface area contributed by atoms with Gasteiger partial charge in [-0.15, -0.1) is 0 Å². The summed E-state index contributed by atoms with van der Waals surface area (Å²) in [6, 6.07) is 5.04. The van der Waals surface area contributed by atoms with Gasteiger partial charge in [0, 0.05) is 35.9 Å². The number of rotatable bonds is 6. The summed E-state index contributed by atoms with van der Waals surface area (Å²) in [5.41, 5.74) is 6.71. The molecule has 100 valence electrons. The van der Waals surface area contributed by atoms with E-state index < -0.39 is 0 Å². The van der Waals surface area contributed by atoms with Crippen molar-refractivity contribution in [3.8, 4) is 0 Å². The van der Waals surface area contributed by atoms with Gasteiger partial charge in [0.1, 0.15) is 0 Å². The maximum atomic E-state index is 12.2. The van der Waals surface area contributed by atoms with Gasteiger partial charge < -0.3 is 20.5 Å². The van der Waals surface area contributed by atoms with Gasteiger partial charge in [0.25, 0.3) is 5.91 Å². The zero-order valence-corrected chi connectivity index (χ0v) is 11.8. The zero-order valence-electron chi connectivity index (χ0n) is 10.2. The number of carbonyl (C=O) groups is 1. The Morgan fingerprint density at radius 1 is 1.44 bits per heavy atom. The summed E-state index contributed by atoms with van der Waals surface area (Å²) < 4.78 is 5.69. The molecule has 1 aromatic rings. The third-order valence-electron chi connectivity index (χ3n) is 2.39. The van der Waals surface area contributed by atoms with Crippen LogP contribution in [0, 0.1) is 0 Å². The molecule has 18 heavy (non-hydrogen) atoms. The van der Waals surface area contributed by atoms with Crippen LogP contribution >= 0.6 is 15.9 Å². The van der Waals surface area contributed by atoms with Gasteiger partial charge in [0.15, 0.2) is 0 Å². The van der Waals surface area contributed by atoms with E-state index in [-0.39, 0.29) is 19.1 Å². The molecule has 0 spiro atoms. The molecule has 0 saturated heterocycles. The molecule has 0 atom stereocenters. The number of nitrogen functional groups attached to an aromatic ring is 1. The highest BCUT2D eigenvalue weighted by Crippen LogP contribution is 2.18. The number of anilines is 1. The second-order valence-electron chi connectivity index (χ2n) is 3.78. The minimum absolute atomic E-state index is 0.0844. The quantitative estimate of drug-likeness (QED) is 0.771. The van der Waals surface area contributed by atoms with E-state index in [1.807, 2.05) is 0 Å². The third-order valence-corrected chi connectivity index (χ3v) is 2.85. The summed E-state index contributed by atoms with van der Waals surface area (Å²) in [4.78, 5) is 13.8. The van der Waals surface area contributed by atoms with Crippen molar-refractivity contribution in [3.05, 3.63) is 28.2 Å². The van der Waals surface area contributed by atoms with Crippen molar-refractivity contribution >= 4 is 27.5 Å². The van der Waals surface area contributed by atoms with Crippen LogP contribution in [0.5, 0.6) is 0 Å². The maximum absolute atomic E-state index is 12.2. The van der Waals surface area contributed by atoms with Crippen LogP contribution in [0.15, 0.2) is 22.7 Å². The zero-order chi connectivity index (χ0) is 13.5. The molecular weight excluding hydrogens is 300 g/mol. The van der Waals surface area contributed by atoms with Gasteiger partial charge in [-0.05, 0) is 18.2 Å². The summed E-state index contributed by atoms with van der Waals surface area (Å²) in [6.45, 7) is 1.05. The average Bonchev–Trinajstić information content (AvgIpc) is 2.32. The van der Waals surface area contributed by atoms with Crippen LogP contribution in [0.2, 0.25) is 0 Å². The molecule has 0 aliphatic carbocycles. The third kappa shape index (κ3) is 4.29. The standard InChI is InChI=1S/C12H17BrN2O3/c1-18-5-3-15(2-4-16)12(17)9-6-10(13)8-11(14)7-9/h6-8,16H,2-5,14H2,1H3. The molecule has 6 heteroatoms. The lowest BCUT2D eigenvalue weighted by atomic mass is 10.1. The highest BCUT2D eigenvalue weighted by Gasteiger charge is 2.15. The molecule has 3 N–H and O–H groups in total. The van der Waals surface area contributed by atoms with Crippen molar-refractivity contribution in [1.29, 1.82) is 0 Å². The number of amides is 1. The first-order valence-corrected chi connectivity index (χ1v) is 6.33. The van der Waals surface area contributed by atoms with Crippen molar-refractivity contribution in [2.45, 2.75) is 0 Å². The fourth-order valence-corrected chi connectivity index (χ4v) is 2.07. The molecule has 0 bridgehead atoms. The molecule has 1 amide bonds. The minimum atomic E-state index is -0.172. The second kappa shape index (κ2) is 7.35. The van der Waals surface area contributed by atoms with Crippen LogP contribution in [0.1, 0.15) is 10.4 Å². The fraction of sp³-hybridized carbons (Fsp3) is 0.417. The van der Waals surface area contributed by atoms with Gasteiger partial charge in [-0.2, -0.15) is 0 Å². The van der Waals surface area contributed by atoms with Gasteiger partial charge in [0.2, 0.25) is 0 Å². The summed E-state index contributed by atoms with van der Waals surface area (Å²) >= 11 is 3.30. The lowest BCUT2D eigenvalue weighted by molar-refractivity contribution is 0.0656. The Balaban J connectivity index is 2.86. The number of methoxy groups -OCH3 is 1. The monoisotopic (exact) mass is 316 g/mol. The number of halogens is 1. The Morgan fingerprint density at radius 2 is 2.17 bits per heavy atom. The Hall–Kier alpha value is -1.11. The van der Waals surface area contributed by atoms with Gasteiger partial charge in [0.05, 0.1) is 13.2 Å². The van der Waals surface area contributed by atoms with E-state index in [0.29, 0.717) is 24.4 Å². The van der Waals surface area contributed by atoms with Crippen molar-refractivity contribution in [3.63, 3.8) is 0 Å². The molecule has 0 unspecified atom stereocenters. The molecule has 1 rings (SSSR count). The number of hydrogen-bond acceptors (Lipinski definition) is 4. The lowest BCUT2D eigenvalue weighted by Gasteiger charge is -2.21. The first-order chi connectivity index (χ1) is 8.58. The van der Waals surface area contributed by atoms with Crippen LogP contribution in [0.4, 0.5) is 5.69 Å². The molecule has 0 aromatic heterocycles. The Kier molecular flexibility index (Phi) is 6.11. The van der Waals surface area contributed by atoms with E-state index in [2.05, 4.69) is 15.9 Å². The smallest absolute Gasteiger partial charge is 0.254 e. The van der Waals surface area contributed by atoms with Crippen molar-refractivity contribution in [1.82, 2.24) is 4.90 Å². The second-order valence-corrected chi connectivity index (χ2v) is 4.70. The van der Waals surface area contributed by atoms with E-state index in [9.17, 15) is 4.79 Å². The topological polar surface area (TPSA) is 75.8 Å². The van der Waals surface area contributed by atoms with E-state index in [4.69, 9.17) is 15.6 Å². The average molecular weight is 317 g/mol. The molecule has 0 radical (unpaired) electrons. The lowest BCUT2D eigenvalue weighted by Crippen LogP contribution is -2.36. The van der Waals surface area contributed by atoms with Crippen LogP contribution in [0.25, 0.3) is 0 Å². The normalized spacial score (nSPS) is 10.4. The predicted molar refractivity (Wildman–Crippen MR) is 73.4 cm³/mol. The van der Waals surface area contributed by atoms with E-state index >= 15 is 0 Å². The first-order valence-electron chi connectivity index (χ1n) is 5.53. The molecule has 0 aliphatic rings. The highest BCUT2D eigenvalue weighted by atomic mass is 79.9. The largest absolute Gasteiger partial charge is 0.399 e. The number of aliphatic hydroxyl groups excluding tert-OH is 1. The summed E-state index contributed by atoms with van der Waals surface area (Å²) in [7, 11) is 1.57. The Bertz CT molecular complexity index is 392. The van der Waals surface area contributed by atoms with E-state index in [1.165, 1.54) is 4.90 Å². The highest BCUT2D eigenvalue weighted by molar-refractivity contribution is 9.10.